The van der Waals surface area contributed by atoms with Gasteiger partial charge in [0.2, 0.25) is 10.0 Å². The third-order valence-corrected chi connectivity index (χ3v) is 4.60. The summed E-state index contributed by atoms with van der Waals surface area (Å²) in [7, 11) is -3.49. The molecular formula is C18H19N5O2S. The minimum atomic E-state index is -3.49. The normalized spacial score (nSPS) is 11.7. The highest BCUT2D eigenvalue weighted by atomic mass is 32.2. The van der Waals surface area contributed by atoms with E-state index in [0.29, 0.717) is 12.4 Å². The second kappa shape index (κ2) is 8.41. The molecule has 134 valence electrons. The van der Waals surface area contributed by atoms with Crippen LogP contribution in [0.15, 0.2) is 72.7 Å². The van der Waals surface area contributed by atoms with E-state index >= 15 is 0 Å². The van der Waals surface area contributed by atoms with Crippen molar-refractivity contribution in [2.75, 3.05) is 18.4 Å². The molecule has 0 amide bonds. The fourth-order valence-corrected chi connectivity index (χ4v) is 3.06. The summed E-state index contributed by atoms with van der Waals surface area (Å²) in [6.45, 7) is 0.644. The van der Waals surface area contributed by atoms with Gasteiger partial charge in [-0.15, -0.1) is 0 Å². The molecule has 2 N–H and O–H groups in total. The maximum atomic E-state index is 12.0. The van der Waals surface area contributed by atoms with E-state index in [2.05, 4.69) is 20.0 Å². The standard InChI is InChI=1S/C18H19N5O2S/c24-26(25,13-8-16-6-2-1-3-7-16)22-10-9-19-17-14-18(21-15-20-17)23-11-4-5-12-23/h1-8,11-15,22H,9-10H2,(H,19,20,21)/b13-8+. The topological polar surface area (TPSA) is 88.9 Å². The minimum Gasteiger partial charge on any atom is -0.369 e. The Balaban J connectivity index is 1.49. The van der Waals surface area contributed by atoms with E-state index in [4.69, 9.17) is 0 Å². The molecule has 2 aromatic heterocycles. The molecule has 0 radical (unpaired) electrons. The predicted octanol–water partition coefficient (Wildman–Crippen LogP) is 2.27. The summed E-state index contributed by atoms with van der Waals surface area (Å²) in [4.78, 5) is 8.33. The lowest BCUT2D eigenvalue weighted by Crippen LogP contribution is -2.27. The van der Waals surface area contributed by atoms with Gasteiger partial charge in [-0.1, -0.05) is 30.3 Å². The number of rotatable bonds is 8. The molecule has 3 rings (SSSR count). The van der Waals surface area contributed by atoms with Crippen molar-refractivity contribution in [2.24, 2.45) is 0 Å². The van der Waals surface area contributed by atoms with Crippen molar-refractivity contribution in [1.82, 2.24) is 19.3 Å². The summed E-state index contributed by atoms with van der Waals surface area (Å²) in [5.74, 6) is 1.36. The van der Waals surface area contributed by atoms with E-state index in [1.54, 1.807) is 12.1 Å². The molecule has 0 unspecified atom stereocenters. The number of sulfonamides is 1. The van der Waals surface area contributed by atoms with Crippen LogP contribution in [0.2, 0.25) is 0 Å². The Hall–Kier alpha value is -2.97. The lowest BCUT2D eigenvalue weighted by Gasteiger charge is -2.08. The highest BCUT2D eigenvalue weighted by Crippen LogP contribution is 2.08. The average Bonchev–Trinajstić information content (AvgIpc) is 3.20. The van der Waals surface area contributed by atoms with E-state index in [9.17, 15) is 8.42 Å². The smallest absolute Gasteiger partial charge is 0.233 e. The minimum absolute atomic E-state index is 0.240. The number of nitrogens with zero attached hydrogens (tertiary/aromatic N) is 3. The molecular weight excluding hydrogens is 350 g/mol. The first kappa shape index (κ1) is 17.8. The van der Waals surface area contributed by atoms with Crippen LogP contribution in [0.25, 0.3) is 11.9 Å². The van der Waals surface area contributed by atoms with E-state index < -0.39 is 10.0 Å². The molecule has 26 heavy (non-hydrogen) atoms. The average molecular weight is 369 g/mol. The van der Waals surface area contributed by atoms with Crippen molar-refractivity contribution in [3.05, 3.63) is 78.2 Å². The van der Waals surface area contributed by atoms with Crippen molar-refractivity contribution in [3.8, 4) is 5.82 Å². The fraction of sp³-hybridized carbons (Fsp3) is 0.111. The van der Waals surface area contributed by atoms with Gasteiger partial charge in [0.25, 0.3) is 0 Å². The van der Waals surface area contributed by atoms with Crippen molar-refractivity contribution in [1.29, 1.82) is 0 Å². The Morgan fingerprint density at radius 1 is 1.00 bits per heavy atom. The molecule has 2 heterocycles. The third kappa shape index (κ3) is 5.27. The zero-order chi connectivity index (χ0) is 18.2. The van der Waals surface area contributed by atoms with Crippen LogP contribution in [0.5, 0.6) is 0 Å². The van der Waals surface area contributed by atoms with Crippen LogP contribution in [0.4, 0.5) is 5.82 Å². The molecule has 0 aliphatic carbocycles. The van der Waals surface area contributed by atoms with Crippen molar-refractivity contribution < 1.29 is 8.42 Å². The lowest BCUT2D eigenvalue weighted by atomic mass is 10.2. The summed E-state index contributed by atoms with van der Waals surface area (Å²) in [5.41, 5.74) is 0.828. The molecule has 8 heteroatoms. The van der Waals surface area contributed by atoms with Crippen LogP contribution in [0, 0.1) is 0 Å². The first-order chi connectivity index (χ1) is 12.6. The monoisotopic (exact) mass is 369 g/mol. The van der Waals surface area contributed by atoms with Crippen LogP contribution < -0.4 is 10.0 Å². The molecule has 0 saturated heterocycles. The zero-order valence-electron chi connectivity index (χ0n) is 14.0. The predicted molar refractivity (Wildman–Crippen MR) is 102 cm³/mol. The second-order valence-corrected chi connectivity index (χ2v) is 7.08. The van der Waals surface area contributed by atoms with Gasteiger partial charge in [-0.2, -0.15) is 0 Å². The maximum Gasteiger partial charge on any atom is 0.233 e. The third-order valence-electron chi connectivity index (χ3n) is 3.50. The molecule has 0 aliphatic heterocycles. The molecule has 3 aromatic rings. The Labute approximate surface area is 152 Å². The largest absolute Gasteiger partial charge is 0.369 e. The van der Waals surface area contributed by atoms with Gasteiger partial charge in [0, 0.05) is 37.0 Å². The van der Waals surface area contributed by atoms with Crippen molar-refractivity contribution in [2.45, 2.75) is 0 Å². The van der Waals surface area contributed by atoms with Crippen molar-refractivity contribution in [3.63, 3.8) is 0 Å². The number of hydrogen-bond donors (Lipinski definition) is 2. The number of anilines is 1. The van der Waals surface area contributed by atoms with Crippen LogP contribution in [-0.4, -0.2) is 36.0 Å². The Morgan fingerprint density at radius 2 is 1.77 bits per heavy atom. The zero-order valence-corrected chi connectivity index (χ0v) is 14.8. The molecule has 0 fully saturated rings. The van der Waals surface area contributed by atoms with Gasteiger partial charge in [-0.25, -0.2) is 23.1 Å². The Kier molecular flexibility index (Phi) is 5.77. The quantitative estimate of drug-likeness (QED) is 0.595. The number of aromatic nitrogens is 3. The number of benzene rings is 1. The van der Waals surface area contributed by atoms with Crippen LogP contribution in [0.1, 0.15) is 5.56 Å². The molecule has 0 saturated carbocycles. The van der Waals surface area contributed by atoms with Gasteiger partial charge in [0.05, 0.1) is 0 Å². The SMILES string of the molecule is O=S(=O)(/C=C/c1ccccc1)NCCNc1cc(-n2cccc2)ncn1. The summed E-state index contributed by atoms with van der Waals surface area (Å²) in [6.07, 6.45) is 6.80. The molecule has 0 bridgehead atoms. The fourth-order valence-electron chi connectivity index (χ4n) is 2.24. The van der Waals surface area contributed by atoms with E-state index in [1.165, 1.54) is 6.33 Å². The molecule has 1 aromatic carbocycles. The summed E-state index contributed by atoms with van der Waals surface area (Å²) >= 11 is 0. The Morgan fingerprint density at radius 3 is 2.54 bits per heavy atom. The number of nitrogens with one attached hydrogen (secondary N) is 2. The van der Waals surface area contributed by atoms with Crippen LogP contribution in [-0.2, 0) is 10.0 Å². The summed E-state index contributed by atoms with van der Waals surface area (Å²) in [5, 5.41) is 4.24. The van der Waals surface area contributed by atoms with Gasteiger partial charge in [-0.3, -0.25) is 0 Å². The van der Waals surface area contributed by atoms with Gasteiger partial charge in [0.15, 0.2) is 0 Å². The van der Waals surface area contributed by atoms with Crippen molar-refractivity contribution >= 4 is 21.9 Å². The second-order valence-electron chi connectivity index (χ2n) is 5.43. The highest BCUT2D eigenvalue weighted by Gasteiger charge is 2.04. The molecule has 7 nitrogen and oxygen atoms in total. The molecule has 0 atom stereocenters. The van der Waals surface area contributed by atoms with Gasteiger partial charge < -0.3 is 9.88 Å². The molecule has 0 aliphatic rings. The number of hydrogen-bond acceptors (Lipinski definition) is 5. The van der Waals surface area contributed by atoms with Crippen LogP contribution >= 0.6 is 0 Å². The van der Waals surface area contributed by atoms with Gasteiger partial charge in [0.1, 0.15) is 18.0 Å². The lowest BCUT2D eigenvalue weighted by molar-refractivity contribution is 0.592. The Bertz CT molecular complexity index is 954. The first-order valence-electron chi connectivity index (χ1n) is 8.04. The summed E-state index contributed by atoms with van der Waals surface area (Å²) in [6, 6.07) is 14.9. The van der Waals surface area contributed by atoms with Gasteiger partial charge in [-0.05, 0) is 23.8 Å². The summed E-state index contributed by atoms with van der Waals surface area (Å²) < 4.78 is 28.3. The molecule has 0 spiro atoms. The van der Waals surface area contributed by atoms with E-state index in [0.717, 1.165) is 16.8 Å². The van der Waals surface area contributed by atoms with E-state index in [-0.39, 0.29) is 6.54 Å². The highest BCUT2D eigenvalue weighted by molar-refractivity contribution is 7.92. The first-order valence-corrected chi connectivity index (χ1v) is 9.59. The van der Waals surface area contributed by atoms with Crippen LogP contribution in [0.3, 0.4) is 0 Å². The maximum absolute atomic E-state index is 12.0. The van der Waals surface area contributed by atoms with Gasteiger partial charge >= 0.3 is 0 Å². The van der Waals surface area contributed by atoms with E-state index in [1.807, 2.05) is 59.4 Å².